The molecular formula is C14H12N4O6. The van der Waals surface area contributed by atoms with Crippen molar-refractivity contribution in [1.82, 2.24) is 10.9 Å². The Balaban J connectivity index is 2.10. The molecule has 2 N–H and O–H groups in total. The average Bonchev–Trinajstić information content (AvgIpc) is 3.09. The second-order valence-corrected chi connectivity index (χ2v) is 5.19. The van der Waals surface area contributed by atoms with Gasteiger partial charge in [-0.1, -0.05) is 6.07 Å². The normalized spacial score (nSPS) is 19.4. The third kappa shape index (κ3) is 2.12. The molecule has 2 aliphatic heterocycles. The molecule has 1 fully saturated rings. The molecule has 1 saturated heterocycles. The minimum absolute atomic E-state index is 0.0715. The molecule has 10 heteroatoms. The number of imide groups is 1. The lowest BCUT2D eigenvalue weighted by Gasteiger charge is -2.17. The molecule has 0 aromatic heterocycles. The Labute approximate surface area is 135 Å². The highest BCUT2D eigenvalue weighted by atomic mass is 16.6. The molecule has 0 bridgehead atoms. The van der Waals surface area contributed by atoms with Crippen molar-refractivity contribution in [2.45, 2.75) is 13.0 Å². The van der Waals surface area contributed by atoms with Crippen molar-refractivity contribution < 1.29 is 24.0 Å². The maximum Gasteiger partial charge on any atom is 0.356 e. The fourth-order valence-electron chi connectivity index (χ4n) is 2.64. The molecule has 0 spiro atoms. The number of aryl methyl sites for hydroxylation is 1. The molecular weight excluding hydrogens is 320 g/mol. The van der Waals surface area contributed by atoms with Crippen LogP contribution in [0.2, 0.25) is 0 Å². The number of carbonyl (C=O) groups is 3. The maximum absolute atomic E-state index is 12.7. The average molecular weight is 332 g/mol. The van der Waals surface area contributed by atoms with E-state index < -0.39 is 28.7 Å². The number of non-ortho nitro benzene ring substituents is 1. The Morgan fingerprint density at radius 3 is 2.71 bits per heavy atom. The summed E-state index contributed by atoms with van der Waals surface area (Å²) in [7, 11) is 1.15. The number of nitrogens with zero attached hydrogens (tertiary/aromatic N) is 2. The number of hydrogen-bond donors (Lipinski definition) is 2. The minimum atomic E-state index is -1.05. The highest BCUT2D eigenvalue weighted by Gasteiger charge is 2.50. The Bertz CT molecular complexity index is 831. The van der Waals surface area contributed by atoms with Crippen LogP contribution in [0, 0.1) is 17.0 Å². The molecule has 124 valence electrons. The molecule has 0 radical (unpaired) electrons. The van der Waals surface area contributed by atoms with Gasteiger partial charge in [0.15, 0.2) is 0 Å². The van der Waals surface area contributed by atoms with Gasteiger partial charge in [-0.05, 0) is 12.5 Å². The fourth-order valence-corrected chi connectivity index (χ4v) is 2.64. The van der Waals surface area contributed by atoms with Gasteiger partial charge in [-0.25, -0.2) is 15.1 Å². The lowest BCUT2D eigenvalue weighted by Crippen LogP contribution is -2.43. The van der Waals surface area contributed by atoms with Gasteiger partial charge in [0, 0.05) is 12.1 Å². The van der Waals surface area contributed by atoms with Gasteiger partial charge >= 0.3 is 5.97 Å². The first-order valence-electron chi connectivity index (χ1n) is 6.84. The quantitative estimate of drug-likeness (QED) is 0.333. The number of anilines is 1. The first-order chi connectivity index (χ1) is 11.4. The van der Waals surface area contributed by atoms with E-state index in [4.69, 9.17) is 0 Å². The monoisotopic (exact) mass is 332 g/mol. The van der Waals surface area contributed by atoms with Crippen LogP contribution in [0.15, 0.2) is 29.5 Å². The molecule has 1 unspecified atom stereocenters. The number of benzene rings is 1. The topological polar surface area (TPSA) is 131 Å². The second-order valence-electron chi connectivity index (χ2n) is 5.19. The summed E-state index contributed by atoms with van der Waals surface area (Å²) in [5.41, 5.74) is 5.16. The number of carbonyl (C=O) groups excluding carboxylic acids is 3. The molecule has 10 nitrogen and oxygen atoms in total. The smallest absolute Gasteiger partial charge is 0.356 e. The van der Waals surface area contributed by atoms with Gasteiger partial charge < -0.3 is 10.2 Å². The summed E-state index contributed by atoms with van der Waals surface area (Å²) < 4.78 is 4.57. The van der Waals surface area contributed by atoms with Crippen LogP contribution in [0.3, 0.4) is 0 Å². The SMILES string of the molecule is COC(=O)C1=C2C(=O)N(c3cc([N+](=O)[O-])ccc3C)C(=O)C2NN1. The molecule has 1 atom stereocenters. The molecule has 2 aliphatic rings. The number of nitrogens with one attached hydrogen (secondary N) is 2. The Hall–Kier alpha value is -3.27. The number of nitro benzene ring substituents is 1. The van der Waals surface area contributed by atoms with Crippen molar-refractivity contribution in [2.75, 3.05) is 12.0 Å². The van der Waals surface area contributed by atoms with Crippen LogP contribution in [0.5, 0.6) is 0 Å². The van der Waals surface area contributed by atoms with E-state index in [1.165, 1.54) is 12.1 Å². The van der Waals surface area contributed by atoms with Crippen LogP contribution in [0.25, 0.3) is 0 Å². The fraction of sp³-hybridized carbons (Fsp3) is 0.214. The van der Waals surface area contributed by atoms with Gasteiger partial charge in [0.25, 0.3) is 17.5 Å². The zero-order valence-corrected chi connectivity index (χ0v) is 12.7. The van der Waals surface area contributed by atoms with Crippen molar-refractivity contribution in [2.24, 2.45) is 0 Å². The number of amides is 2. The van der Waals surface area contributed by atoms with Crippen molar-refractivity contribution >= 4 is 29.2 Å². The number of fused-ring (bicyclic) bond motifs is 1. The second kappa shape index (κ2) is 5.42. The van der Waals surface area contributed by atoms with E-state index in [0.717, 1.165) is 18.1 Å². The summed E-state index contributed by atoms with van der Waals surface area (Å²) in [6, 6.07) is 2.83. The van der Waals surface area contributed by atoms with Gasteiger partial charge in [0.05, 0.1) is 23.3 Å². The van der Waals surface area contributed by atoms with E-state index in [2.05, 4.69) is 15.6 Å². The van der Waals surface area contributed by atoms with E-state index in [9.17, 15) is 24.5 Å². The van der Waals surface area contributed by atoms with Crippen LogP contribution >= 0.6 is 0 Å². The molecule has 2 heterocycles. The molecule has 24 heavy (non-hydrogen) atoms. The number of ether oxygens (including phenoxy) is 1. The van der Waals surface area contributed by atoms with E-state index in [1.54, 1.807) is 6.92 Å². The standard InChI is InChI=1S/C14H12N4O6/c1-6-3-4-7(18(22)23)5-8(6)17-12(19)9-10(13(17)20)15-16-11(9)14(21)24-2/h3-5,10,15-16H,1-2H3. The first-order valence-corrected chi connectivity index (χ1v) is 6.84. The van der Waals surface area contributed by atoms with E-state index in [0.29, 0.717) is 5.56 Å². The number of hydrazine groups is 1. The number of rotatable bonds is 3. The Morgan fingerprint density at radius 2 is 2.08 bits per heavy atom. The van der Waals surface area contributed by atoms with Gasteiger partial charge in [-0.15, -0.1) is 0 Å². The summed E-state index contributed by atoms with van der Waals surface area (Å²) in [4.78, 5) is 48.1. The molecule has 3 rings (SSSR count). The van der Waals surface area contributed by atoms with E-state index in [1.807, 2.05) is 0 Å². The summed E-state index contributed by atoms with van der Waals surface area (Å²) in [6.45, 7) is 1.62. The van der Waals surface area contributed by atoms with Crippen molar-refractivity contribution in [3.8, 4) is 0 Å². The minimum Gasteiger partial charge on any atom is -0.464 e. The summed E-state index contributed by atoms with van der Waals surface area (Å²) in [5, 5.41) is 10.9. The third-order valence-corrected chi connectivity index (χ3v) is 3.83. The van der Waals surface area contributed by atoms with E-state index in [-0.39, 0.29) is 22.6 Å². The Kier molecular flexibility index (Phi) is 3.53. The van der Waals surface area contributed by atoms with Crippen LogP contribution in [-0.2, 0) is 19.1 Å². The van der Waals surface area contributed by atoms with Crippen LogP contribution in [-0.4, -0.2) is 35.9 Å². The highest BCUT2D eigenvalue weighted by molar-refractivity contribution is 6.33. The van der Waals surface area contributed by atoms with Gasteiger partial charge in [0.2, 0.25) is 0 Å². The first kappa shape index (κ1) is 15.6. The number of esters is 1. The number of hydrogen-bond acceptors (Lipinski definition) is 8. The highest BCUT2D eigenvalue weighted by Crippen LogP contribution is 2.34. The van der Waals surface area contributed by atoms with Crippen LogP contribution in [0.4, 0.5) is 11.4 Å². The molecule has 0 aliphatic carbocycles. The summed E-state index contributed by atoms with van der Waals surface area (Å²) in [5.74, 6) is -2.16. The van der Waals surface area contributed by atoms with Gasteiger partial charge in [-0.2, -0.15) is 0 Å². The molecule has 0 saturated carbocycles. The molecule has 2 amide bonds. The van der Waals surface area contributed by atoms with E-state index >= 15 is 0 Å². The molecule has 1 aromatic carbocycles. The van der Waals surface area contributed by atoms with Crippen LogP contribution < -0.4 is 15.8 Å². The predicted octanol–water partition coefficient (Wildman–Crippen LogP) is -0.320. The number of methoxy groups -OCH3 is 1. The third-order valence-electron chi connectivity index (χ3n) is 3.83. The predicted molar refractivity (Wildman–Crippen MR) is 79.4 cm³/mol. The Morgan fingerprint density at radius 1 is 1.38 bits per heavy atom. The lowest BCUT2D eigenvalue weighted by molar-refractivity contribution is -0.384. The van der Waals surface area contributed by atoms with Crippen molar-refractivity contribution in [1.29, 1.82) is 0 Å². The summed E-state index contributed by atoms with van der Waals surface area (Å²) in [6.07, 6.45) is 0. The maximum atomic E-state index is 12.7. The van der Waals surface area contributed by atoms with Crippen molar-refractivity contribution in [3.05, 3.63) is 45.1 Å². The number of nitro groups is 1. The van der Waals surface area contributed by atoms with Gasteiger partial charge in [-0.3, -0.25) is 19.7 Å². The lowest BCUT2D eigenvalue weighted by atomic mass is 10.1. The van der Waals surface area contributed by atoms with Crippen molar-refractivity contribution in [3.63, 3.8) is 0 Å². The largest absolute Gasteiger partial charge is 0.464 e. The summed E-state index contributed by atoms with van der Waals surface area (Å²) >= 11 is 0. The molecule has 1 aromatic rings. The van der Waals surface area contributed by atoms with Gasteiger partial charge in [0.1, 0.15) is 11.7 Å². The zero-order valence-electron chi connectivity index (χ0n) is 12.7. The van der Waals surface area contributed by atoms with Crippen LogP contribution in [0.1, 0.15) is 5.56 Å². The zero-order chi connectivity index (χ0) is 17.6.